The first-order valence-corrected chi connectivity index (χ1v) is 9.10. The van der Waals surface area contributed by atoms with Gasteiger partial charge in [-0.1, -0.05) is 36.4 Å². The summed E-state index contributed by atoms with van der Waals surface area (Å²) in [5.74, 6) is -0.136. The summed E-state index contributed by atoms with van der Waals surface area (Å²) < 4.78 is 0. The maximum atomic E-state index is 12.3. The van der Waals surface area contributed by atoms with Gasteiger partial charge in [0.25, 0.3) is 0 Å². The normalized spacial score (nSPS) is 10.8. The number of hydrogen-bond acceptors (Lipinski definition) is 4. The van der Waals surface area contributed by atoms with Gasteiger partial charge in [-0.2, -0.15) is 0 Å². The van der Waals surface area contributed by atoms with Crippen LogP contribution in [0.3, 0.4) is 0 Å². The lowest BCUT2D eigenvalue weighted by Gasteiger charge is -1.99. The Morgan fingerprint density at radius 2 is 1.83 bits per heavy atom. The van der Waals surface area contributed by atoms with E-state index in [0.29, 0.717) is 17.0 Å². The molecule has 24 heavy (non-hydrogen) atoms. The van der Waals surface area contributed by atoms with E-state index in [9.17, 15) is 9.59 Å². The number of nitrogens with one attached hydrogen (secondary N) is 1. The quantitative estimate of drug-likeness (QED) is 0.528. The van der Waals surface area contributed by atoms with Gasteiger partial charge in [-0.05, 0) is 29.7 Å². The minimum Gasteiger partial charge on any atom is -0.348 e. The van der Waals surface area contributed by atoms with Crippen LogP contribution in [0.15, 0.2) is 66.1 Å². The average Bonchev–Trinajstić information content (AvgIpc) is 3.30. The van der Waals surface area contributed by atoms with Gasteiger partial charge in [0, 0.05) is 21.4 Å². The summed E-state index contributed by atoms with van der Waals surface area (Å²) in [6, 6.07) is 16.8. The zero-order valence-electron chi connectivity index (χ0n) is 12.8. The molecule has 0 aliphatic rings. The van der Waals surface area contributed by atoms with Crippen molar-refractivity contribution < 1.29 is 9.59 Å². The molecule has 0 saturated carbocycles. The van der Waals surface area contributed by atoms with Crippen LogP contribution in [-0.2, 0) is 11.3 Å². The van der Waals surface area contributed by atoms with Crippen LogP contribution in [0.25, 0.3) is 6.08 Å². The Labute approximate surface area is 148 Å². The molecule has 1 amide bonds. The van der Waals surface area contributed by atoms with E-state index in [0.717, 1.165) is 9.75 Å². The third kappa shape index (κ3) is 4.28. The van der Waals surface area contributed by atoms with Crippen molar-refractivity contribution >= 4 is 40.4 Å². The fourth-order valence-electron chi connectivity index (χ4n) is 2.10. The van der Waals surface area contributed by atoms with Crippen LogP contribution in [0.5, 0.6) is 0 Å². The van der Waals surface area contributed by atoms with Gasteiger partial charge in [-0.15, -0.1) is 22.7 Å². The maximum absolute atomic E-state index is 12.3. The lowest BCUT2D eigenvalue weighted by molar-refractivity contribution is -0.116. The van der Waals surface area contributed by atoms with E-state index in [4.69, 9.17) is 0 Å². The number of thiophene rings is 2. The minimum atomic E-state index is -0.146. The second-order valence-electron chi connectivity index (χ2n) is 5.03. The Bertz CT molecular complexity index is 849. The van der Waals surface area contributed by atoms with Gasteiger partial charge in [0.15, 0.2) is 0 Å². The molecule has 2 heterocycles. The summed E-state index contributed by atoms with van der Waals surface area (Å²) in [6.45, 7) is 0.417. The highest BCUT2D eigenvalue weighted by Crippen LogP contribution is 2.20. The van der Waals surface area contributed by atoms with Crippen molar-refractivity contribution in [2.45, 2.75) is 6.54 Å². The highest BCUT2D eigenvalue weighted by Gasteiger charge is 2.11. The van der Waals surface area contributed by atoms with Crippen molar-refractivity contribution in [3.05, 3.63) is 86.2 Å². The Kier molecular flexibility index (Phi) is 5.36. The van der Waals surface area contributed by atoms with Gasteiger partial charge in [0.05, 0.1) is 11.4 Å². The topological polar surface area (TPSA) is 46.2 Å². The smallest absolute Gasteiger partial charge is 0.244 e. The first kappa shape index (κ1) is 16.4. The minimum absolute atomic E-state index is 0.00997. The molecule has 0 bridgehead atoms. The number of hydrogen-bond donors (Lipinski definition) is 1. The van der Waals surface area contributed by atoms with Crippen molar-refractivity contribution in [1.82, 2.24) is 5.32 Å². The van der Waals surface area contributed by atoms with Crippen LogP contribution < -0.4 is 5.32 Å². The van der Waals surface area contributed by atoms with E-state index in [1.807, 2.05) is 47.8 Å². The molecule has 0 fully saturated rings. The standard InChI is InChI=1S/C19H15NO2S2/c21-18(11-9-15-7-4-12-23-15)20-13-16-8-10-17(24-16)19(22)14-5-2-1-3-6-14/h1-12H,13H2,(H,20,21)/b11-9+. The molecular weight excluding hydrogens is 338 g/mol. The molecule has 0 atom stereocenters. The predicted molar refractivity (Wildman–Crippen MR) is 99.4 cm³/mol. The van der Waals surface area contributed by atoms with E-state index in [1.54, 1.807) is 29.5 Å². The zero-order chi connectivity index (χ0) is 16.8. The van der Waals surface area contributed by atoms with Crippen LogP contribution in [0.1, 0.15) is 25.0 Å². The molecule has 5 heteroatoms. The SMILES string of the molecule is O=C(/C=C/c1cccs1)NCc1ccc(C(=O)c2ccccc2)s1. The number of ketones is 1. The molecular formula is C19H15NO2S2. The summed E-state index contributed by atoms with van der Waals surface area (Å²) in [5, 5.41) is 4.80. The van der Waals surface area contributed by atoms with Gasteiger partial charge >= 0.3 is 0 Å². The first-order valence-electron chi connectivity index (χ1n) is 7.40. The van der Waals surface area contributed by atoms with E-state index in [-0.39, 0.29) is 11.7 Å². The number of rotatable bonds is 6. The molecule has 0 spiro atoms. The molecule has 0 aliphatic carbocycles. The summed E-state index contributed by atoms with van der Waals surface area (Å²) in [4.78, 5) is 26.8. The van der Waals surface area contributed by atoms with Gasteiger partial charge in [0.2, 0.25) is 11.7 Å². The van der Waals surface area contributed by atoms with Crippen LogP contribution in [0.2, 0.25) is 0 Å². The van der Waals surface area contributed by atoms with Crippen molar-refractivity contribution in [2.24, 2.45) is 0 Å². The fourth-order valence-corrected chi connectivity index (χ4v) is 3.63. The highest BCUT2D eigenvalue weighted by molar-refractivity contribution is 7.14. The molecule has 1 N–H and O–H groups in total. The van der Waals surface area contributed by atoms with Crippen molar-refractivity contribution in [2.75, 3.05) is 0 Å². The molecule has 0 unspecified atom stereocenters. The van der Waals surface area contributed by atoms with Gasteiger partial charge in [0.1, 0.15) is 0 Å². The fraction of sp³-hybridized carbons (Fsp3) is 0.0526. The summed E-state index contributed by atoms with van der Waals surface area (Å²) in [5.41, 5.74) is 0.675. The zero-order valence-corrected chi connectivity index (χ0v) is 14.4. The monoisotopic (exact) mass is 353 g/mol. The number of amides is 1. The third-order valence-corrected chi connectivity index (χ3v) is 5.22. The van der Waals surface area contributed by atoms with Gasteiger partial charge in [-0.3, -0.25) is 9.59 Å². The Balaban J connectivity index is 1.56. The Morgan fingerprint density at radius 1 is 1.00 bits per heavy atom. The first-order chi connectivity index (χ1) is 11.7. The van der Waals surface area contributed by atoms with Crippen LogP contribution in [0.4, 0.5) is 0 Å². The molecule has 0 saturated heterocycles. The van der Waals surface area contributed by atoms with E-state index < -0.39 is 0 Å². The van der Waals surface area contributed by atoms with Crippen LogP contribution in [-0.4, -0.2) is 11.7 Å². The summed E-state index contributed by atoms with van der Waals surface area (Å²) in [6.07, 6.45) is 3.31. The number of benzene rings is 1. The molecule has 3 aromatic rings. The third-order valence-electron chi connectivity index (χ3n) is 3.30. The van der Waals surface area contributed by atoms with Gasteiger partial charge in [-0.25, -0.2) is 0 Å². The molecule has 0 aliphatic heterocycles. The molecule has 2 aromatic heterocycles. The van der Waals surface area contributed by atoms with Crippen molar-refractivity contribution in [3.8, 4) is 0 Å². The molecule has 1 aromatic carbocycles. The Morgan fingerprint density at radius 3 is 2.58 bits per heavy atom. The van der Waals surface area contributed by atoms with E-state index >= 15 is 0 Å². The molecule has 3 rings (SSSR count). The van der Waals surface area contributed by atoms with Crippen LogP contribution >= 0.6 is 22.7 Å². The van der Waals surface area contributed by atoms with E-state index in [2.05, 4.69) is 5.32 Å². The Hall–Kier alpha value is -2.50. The van der Waals surface area contributed by atoms with Gasteiger partial charge < -0.3 is 5.32 Å². The second kappa shape index (κ2) is 7.86. The van der Waals surface area contributed by atoms with Crippen LogP contribution in [0, 0.1) is 0 Å². The average molecular weight is 353 g/mol. The molecule has 3 nitrogen and oxygen atoms in total. The number of carbonyl (C=O) groups is 2. The van der Waals surface area contributed by atoms with E-state index in [1.165, 1.54) is 17.4 Å². The predicted octanol–water partition coefficient (Wildman–Crippen LogP) is 4.37. The molecule has 0 radical (unpaired) electrons. The summed E-state index contributed by atoms with van der Waals surface area (Å²) >= 11 is 2.99. The maximum Gasteiger partial charge on any atom is 0.244 e. The highest BCUT2D eigenvalue weighted by atomic mass is 32.1. The molecule has 120 valence electrons. The second-order valence-corrected chi connectivity index (χ2v) is 7.18. The lowest BCUT2D eigenvalue weighted by atomic mass is 10.1. The summed E-state index contributed by atoms with van der Waals surface area (Å²) in [7, 11) is 0. The van der Waals surface area contributed by atoms with Crippen molar-refractivity contribution in [1.29, 1.82) is 0 Å². The lowest BCUT2D eigenvalue weighted by Crippen LogP contribution is -2.19. The number of carbonyl (C=O) groups excluding carboxylic acids is 2. The largest absolute Gasteiger partial charge is 0.348 e. The van der Waals surface area contributed by atoms with Crippen molar-refractivity contribution in [3.63, 3.8) is 0 Å².